The van der Waals surface area contributed by atoms with Crippen molar-refractivity contribution in [2.75, 3.05) is 10.8 Å². The predicted molar refractivity (Wildman–Crippen MR) is 84.8 cm³/mol. The van der Waals surface area contributed by atoms with Crippen LogP contribution in [0.3, 0.4) is 0 Å². The highest BCUT2D eigenvalue weighted by molar-refractivity contribution is 7.92. The van der Waals surface area contributed by atoms with Gasteiger partial charge in [-0.2, -0.15) is 0 Å². The Morgan fingerprint density at radius 3 is 2.39 bits per heavy atom. The number of hydrogen-bond acceptors (Lipinski definition) is 3. The van der Waals surface area contributed by atoms with E-state index in [1.165, 1.54) is 12.1 Å². The van der Waals surface area contributed by atoms with Crippen molar-refractivity contribution < 1.29 is 22.7 Å². The topological polar surface area (TPSA) is 74.7 Å². The number of carboxylic acids is 1. The Balaban J connectivity index is 2.60. The zero-order valence-electron chi connectivity index (χ0n) is 12.0. The van der Waals surface area contributed by atoms with Gasteiger partial charge in [0.05, 0.1) is 10.6 Å². The van der Waals surface area contributed by atoms with Crippen molar-refractivity contribution in [1.29, 1.82) is 0 Å². The van der Waals surface area contributed by atoms with E-state index in [-0.39, 0.29) is 10.6 Å². The first kappa shape index (κ1) is 17.2. The Labute approximate surface area is 138 Å². The SMILES string of the molecule is Cc1c(Cl)cccc1N(CC(=O)O)S(=O)(=O)c1ccc(F)cc1. The second-order valence-corrected chi connectivity index (χ2v) is 7.01. The van der Waals surface area contributed by atoms with E-state index in [0.717, 1.165) is 28.6 Å². The molecule has 8 heteroatoms. The summed E-state index contributed by atoms with van der Waals surface area (Å²) in [6, 6.07) is 8.72. The number of halogens is 2. The molecule has 0 unspecified atom stereocenters. The van der Waals surface area contributed by atoms with Crippen LogP contribution in [0, 0.1) is 12.7 Å². The Morgan fingerprint density at radius 2 is 1.83 bits per heavy atom. The maximum Gasteiger partial charge on any atom is 0.324 e. The summed E-state index contributed by atoms with van der Waals surface area (Å²) >= 11 is 5.99. The van der Waals surface area contributed by atoms with E-state index in [1.54, 1.807) is 13.0 Å². The number of benzene rings is 2. The lowest BCUT2D eigenvalue weighted by atomic mass is 10.2. The number of sulfonamides is 1. The smallest absolute Gasteiger partial charge is 0.324 e. The number of rotatable bonds is 5. The molecule has 0 amide bonds. The molecule has 0 radical (unpaired) electrons. The molecule has 0 aromatic heterocycles. The van der Waals surface area contributed by atoms with Crippen LogP contribution in [0.4, 0.5) is 10.1 Å². The van der Waals surface area contributed by atoms with Crippen LogP contribution in [0.2, 0.25) is 5.02 Å². The summed E-state index contributed by atoms with van der Waals surface area (Å²) in [4.78, 5) is 10.9. The van der Waals surface area contributed by atoms with Gasteiger partial charge in [0.2, 0.25) is 0 Å². The molecule has 0 saturated carbocycles. The highest BCUT2D eigenvalue weighted by Crippen LogP contribution is 2.30. The van der Waals surface area contributed by atoms with Crippen molar-refractivity contribution in [2.45, 2.75) is 11.8 Å². The third-order valence-electron chi connectivity index (χ3n) is 3.19. The number of carboxylic acid groups (broad SMARTS) is 1. The van der Waals surface area contributed by atoms with Gasteiger partial charge in [0.1, 0.15) is 12.4 Å². The van der Waals surface area contributed by atoms with Crippen molar-refractivity contribution in [2.24, 2.45) is 0 Å². The molecule has 122 valence electrons. The van der Waals surface area contributed by atoms with Crippen LogP contribution < -0.4 is 4.31 Å². The van der Waals surface area contributed by atoms with Crippen molar-refractivity contribution >= 4 is 33.3 Å². The van der Waals surface area contributed by atoms with E-state index < -0.39 is 28.4 Å². The first-order valence-corrected chi connectivity index (χ1v) is 8.30. The van der Waals surface area contributed by atoms with Crippen LogP contribution in [0.1, 0.15) is 5.56 Å². The third-order valence-corrected chi connectivity index (χ3v) is 5.37. The largest absolute Gasteiger partial charge is 0.480 e. The van der Waals surface area contributed by atoms with E-state index in [9.17, 15) is 17.6 Å². The van der Waals surface area contributed by atoms with Gasteiger partial charge in [-0.15, -0.1) is 0 Å². The van der Waals surface area contributed by atoms with Crippen molar-refractivity contribution in [3.05, 3.63) is 58.9 Å². The number of nitrogens with zero attached hydrogens (tertiary/aromatic N) is 1. The van der Waals surface area contributed by atoms with Gasteiger partial charge in [-0.1, -0.05) is 17.7 Å². The minimum atomic E-state index is -4.18. The molecule has 0 heterocycles. The predicted octanol–water partition coefficient (Wildman–Crippen LogP) is 3.07. The lowest BCUT2D eigenvalue weighted by Crippen LogP contribution is -2.36. The Bertz CT molecular complexity index is 837. The zero-order chi connectivity index (χ0) is 17.2. The maximum atomic E-state index is 13.0. The molecule has 0 spiro atoms. The molecule has 0 saturated heterocycles. The summed E-state index contributed by atoms with van der Waals surface area (Å²) in [5.41, 5.74) is 0.588. The van der Waals surface area contributed by atoms with Crippen LogP contribution in [-0.4, -0.2) is 26.0 Å². The monoisotopic (exact) mass is 357 g/mol. The number of aliphatic carboxylic acids is 1. The van der Waals surface area contributed by atoms with Crippen molar-refractivity contribution in [3.8, 4) is 0 Å². The average Bonchev–Trinajstić information content (AvgIpc) is 2.48. The van der Waals surface area contributed by atoms with Gasteiger partial charge in [-0.25, -0.2) is 12.8 Å². The molecule has 2 aromatic carbocycles. The Hall–Kier alpha value is -2.12. The van der Waals surface area contributed by atoms with Crippen LogP contribution in [0.5, 0.6) is 0 Å². The second kappa shape index (κ2) is 6.55. The van der Waals surface area contributed by atoms with E-state index in [2.05, 4.69) is 0 Å². The van der Waals surface area contributed by atoms with Crippen LogP contribution >= 0.6 is 11.6 Å². The quantitative estimate of drug-likeness (QED) is 0.892. The molecule has 2 rings (SSSR count). The zero-order valence-corrected chi connectivity index (χ0v) is 13.6. The Morgan fingerprint density at radius 1 is 1.22 bits per heavy atom. The summed E-state index contributed by atoms with van der Waals surface area (Å²) < 4.78 is 39.2. The van der Waals surface area contributed by atoms with Crippen molar-refractivity contribution in [1.82, 2.24) is 0 Å². The van der Waals surface area contributed by atoms with Crippen LogP contribution in [0.25, 0.3) is 0 Å². The molecule has 0 aliphatic carbocycles. The molecule has 23 heavy (non-hydrogen) atoms. The fourth-order valence-corrected chi connectivity index (χ4v) is 3.66. The molecule has 2 aromatic rings. The van der Waals surface area contributed by atoms with Gasteiger partial charge in [0.25, 0.3) is 10.0 Å². The summed E-state index contributed by atoms with van der Waals surface area (Å²) in [5.74, 6) is -1.91. The molecule has 0 aliphatic rings. The Kier molecular flexibility index (Phi) is 4.91. The molecule has 0 atom stereocenters. The fraction of sp³-hybridized carbons (Fsp3) is 0.133. The molecule has 0 fully saturated rings. The van der Waals surface area contributed by atoms with Crippen LogP contribution in [0.15, 0.2) is 47.4 Å². The van der Waals surface area contributed by atoms with E-state index in [0.29, 0.717) is 10.6 Å². The molecule has 1 N–H and O–H groups in total. The molecule has 5 nitrogen and oxygen atoms in total. The number of anilines is 1. The summed E-state index contributed by atoms with van der Waals surface area (Å²) in [6.45, 7) is 0.813. The van der Waals surface area contributed by atoms with Crippen LogP contribution in [-0.2, 0) is 14.8 Å². The lowest BCUT2D eigenvalue weighted by molar-refractivity contribution is -0.135. The van der Waals surface area contributed by atoms with Gasteiger partial charge < -0.3 is 5.11 Å². The van der Waals surface area contributed by atoms with Gasteiger partial charge in [0.15, 0.2) is 0 Å². The highest BCUT2D eigenvalue weighted by atomic mass is 35.5. The average molecular weight is 358 g/mol. The summed E-state index contributed by atoms with van der Waals surface area (Å²) in [5, 5.41) is 9.37. The molecular weight excluding hydrogens is 345 g/mol. The molecular formula is C15H13ClFNO4S. The fourth-order valence-electron chi connectivity index (χ4n) is 2.02. The standard InChI is InChI=1S/C15H13ClFNO4S/c1-10-13(16)3-2-4-14(10)18(9-15(19)20)23(21,22)12-7-5-11(17)6-8-12/h2-8H,9H2,1H3,(H,19,20). The van der Waals surface area contributed by atoms with Crippen molar-refractivity contribution in [3.63, 3.8) is 0 Å². The lowest BCUT2D eigenvalue weighted by Gasteiger charge is -2.24. The first-order valence-electron chi connectivity index (χ1n) is 6.48. The minimum absolute atomic E-state index is 0.157. The summed E-state index contributed by atoms with van der Waals surface area (Å²) in [7, 11) is -4.18. The number of hydrogen-bond donors (Lipinski definition) is 1. The van der Waals surface area contributed by atoms with E-state index in [1.807, 2.05) is 0 Å². The molecule has 0 bridgehead atoms. The van der Waals surface area contributed by atoms with E-state index in [4.69, 9.17) is 16.7 Å². The van der Waals surface area contributed by atoms with Gasteiger partial charge in [-0.3, -0.25) is 9.10 Å². The molecule has 0 aliphatic heterocycles. The summed E-state index contributed by atoms with van der Waals surface area (Å²) in [6.07, 6.45) is 0. The minimum Gasteiger partial charge on any atom is -0.480 e. The first-order chi connectivity index (χ1) is 10.7. The second-order valence-electron chi connectivity index (χ2n) is 4.74. The van der Waals surface area contributed by atoms with Gasteiger partial charge in [0, 0.05) is 5.02 Å². The number of carbonyl (C=O) groups is 1. The van der Waals surface area contributed by atoms with Gasteiger partial charge in [-0.05, 0) is 48.9 Å². The van der Waals surface area contributed by atoms with Gasteiger partial charge >= 0.3 is 5.97 Å². The maximum absolute atomic E-state index is 13.0. The highest BCUT2D eigenvalue weighted by Gasteiger charge is 2.28. The normalized spacial score (nSPS) is 11.3. The third kappa shape index (κ3) is 3.62. The van der Waals surface area contributed by atoms with E-state index >= 15 is 0 Å².